The summed E-state index contributed by atoms with van der Waals surface area (Å²) in [4.78, 5) is 25.0. The van der Waals surface area contributed by atoms with Crippen LogP contribution >= 0.6 is 0 Å². The molecule has 1 fully saturated rings. The molecule has 3 rings (SSSR count). The number of anilines is 1. The molecule has 42 heavy (non-hydrogen) atoms. The maximum absolute atomic E-state index is 13.1. The Labute approximate surface area is 250 Å². The molecular weight excluding hydrogens is 534 g/mol. The summed E-state index contributed by atoms with van der Waals surface area (Å²) in [5, 5.41) is 36.5. The van der Waals surface area contributed by atoms with Gasteiger partial charge >= 0.3 is 5.97 Å². The Morgan fingerprint density at radius 3 is 2.43 bits per heavy atom. The van der Waals surface area contributed by atoms with E-state index >= 15 is 0 Å². The second-order valence-corrected chi connectivity index (χ2v) is 12.4. The number of amides is 1. The Morgan fingerprint density at radius 1 is 1.12 bits per heavy atom. The van der Waals surface area contributed by atoms with Crippen LogP contribution in [0.1, 0.15) is 78.4 Å². The minimum Gasteiger partial charge on any atom is -0.508 e. The summed E-state index contributed by atoms with van der Waals surface area (Å²) in [6.07, 6.45) is 10.2. The SMILES string of the molecule is CO[C@H]1C[C@H](C)Cc2c(O)c(cc(O)c2CCC2CC2)NC(=O)/C(C)=C/C=C\[C@H](C)[C@@H](OC(C)=O)/C(C)=C/[C@H](C)[C@H]1O. The molecule has 0 saturated heterocycles. The third kappa shape index (κ3) is 8.95. The number of phenolic OH excluding ortho intramolecular Hbond substituents is 2. The van der Waals surface area contributed by atoms with Crippen LogP contribution in [0.3, 0.4) is 0 Å². The molecule has 0 unspecified atom stereocenters. The Balaban J connectivity index is 2.05. The molecule has 1 aliphatic heterocycles. The van der Waals surface area contributed by atoms with E-state index in [2.05, 4.69) is 5.32 Å². The summed E-state index contributed by atoms with van der Waals surface area (Å²) in [6, 6.07) is 1.43. The second-order valence-electron chi connectivity index (χ2n) is 12.4. The highest BCUT2D eigenvalue weighted by Crippen LogP contribution is 2.42. The lowest BCUT2D eigenvalue weighted by atomic mass is 9.86. The van der Waals surface area contributed by atoms with E-state index in [1.54, 1.807) is 26.2 Å². The van der Waals surface area contributed by atoms with Gasteiger partial charge in [0.1, 0.15) is 17.6 Å². The van der Waals surface area contributed by atoms with Crippen molar-refractivity contribution in [1.29, 1.82) is 0 Å². The van der Waals surface area contributed by atoms with Crippen molar-refractivity contribution in [2.75, 3.05) is 12.4 Å². The number of ether oxygens (including phenoxy) is 2. The topological polar surface area (TPSA) is 125 Å². The molecule has 1 heterocycles. The molecule has 0 radical (unpaired) electrons. The fourth-order valence-corrected chi connectivity index (χ4v) is 5.82. The quantitative estimate of drug-likeness (QED) is 0.145. The summed E-state index contributed by atoms with van der Waals surface area (Å²) in [5.41, 5.74) is 2.69. The van der Waals surface area contributed by atoms with E-state index < -0.39 is 30.2 Å². The third-order valence-corrected chi connectivity index (χ3v) is 8.52. The molecule has 232 valence electrons. The molecule has 0 aromatic heterocycles. The maximum Gasteiger partial charge on any atom is 0.303 e. The average molecular weight is 584 g/mol. The van der Waals surface area contributed by atoms with Gasteiger partial charge in [-0.1, -0.05) is 57.9 Å². The third-order valence-electron chi connectivity index (χ3n) is 8.52. The number of rotatable bonds is 5. The van der Waals surface area contributed by atoms with Gasteiger partial charge in [-0.2, -0.15) is 0 Å². The summed E-state index contributed by atoms with van der Waals surface area (Å²) < 4.78 is 11.4. The predicted octanol–water partition coefficient (Wildman–Crippen LogP) is 5.99. The Morgan fingerprint density at radius 2 is 1.81 bits per heavy atom. The number of hydrogen-bond acceptors (Lipinski definition) is 7. The van der Waals surface area contributed by atoms with E-state index in [9.17, 15) is 24.9 Å². The lowest BCUT2D eigenvalue weighted by Gasteiger charge is -2.29. The molecule has 1 amide bonds. The van der Waals surface area contributed by atoms with Gasteiger partial charge in [-0.05, 0) is 56.9 Å². The summed E-state index contributed by atoms with van der Waals surface area (Å²) >= 11 is 0. The van der Waals surface area contributed by atoms with Crippen LogP contribution < -0.4 is 5.32 Å². The zero-order chi connectivity index (χ0) is 31.1. The first-order chi connectivity index (χ1) is 19.8. The number of carbonyl (C=O) groups excluding carboxylic acids is 2. The van der Waals surface area contributed by atoms with Gasteiger partial charge in [0, 0.05) is 48.6 Å². The van der Waals surface area contributed by atoms with Crippen molar-refractivity contribution in [1.82, 2.24) is 0 Å². The monoisotopic (exact) mass is 583 g/mol. The highest BCUT2D eigenvalue weighted by Gasteiger charge is 2.30. The molecule has 6 atom stereocenters. The van der Waals surface area contributed by atoms with Crippen LogP contribution in [-0.2, 0) is 31.9 Å². The molecule has 2 bridgehead atoms. The smallest absolute Gasteiger partial charge is 0.303 e. The molecule has 1 aliphatic carbocycles. The number of carbonyl (C=O) groups is 2. The van der Waals surface area contributed by atoms with Crippen molar-refractivity contribution in [3.63, 3.8) is 0 Å². The number of aromatic hydroxyl groups is 2. The average Bonchev–Trinajstić information content (AvgIpc) is 3.75. The molecule has 0 spiro atoms. The molecule has 1 saturated carbocycles. The Kier molecular flexibility index (Phi) is 11.8. The predicted molar refractivity (Wildman–Crippen MR) is 164 cm³/mol. The van der Waals surface area contributed by atoms with Crippen molar-refractivity contribution < 1.29 is 34.4 Å². The lowest BCUT2D eigenvalue weighted by molar-refractivity contribution is -0.146. The van der Waals surface area contributed by atoms with Gasteiger partial charge in [0.25, 0.3) is 5.91 Å². The number of allylic oxidation sites excluding steroid dienone is 2. The van der Waals surface area contributed by atoms with Crippen molar-refractivity contribution in [2.45, 2.75) is 98.4 Å². The van der Waals surface area contributed by atoms with Crippen molar-refractivity contribution in [2.24, 2.45) is 23.7 Å². The largest absolute Gasteiger partial charge is 0.508 e. The summed E-state index contributed by atoms with van der Waals surface area (Å²) in [6.45, 7) is 10.8. The number of benzene rings is 1. The number of aliphatic hydroxyl groups excluding tert-OH is 1. The van der Waals surface area contributed by atoms with Gasteiger partial charge in [-0.3, -0.25) is 9.59 Å². The first-order valence-electron chi connectivity index (χ1n) is 15.1. The van der Waals surface area contributed by atoms with E-state index in [1.807, 2.05) is 39.8 Å². The van der Waals surface area contributed by atoms with Gasteiger partial charge in [-0.15, -0.1) is 0 Å². The molecule has 4 N–H and O–H groups in total. The Hall–Kier alpha value is -3.10. The van der Waals surface area contributed by atoms with Crippen LogP contribution in [-0.4, -0.2) is 52.6 Å². The summed E-state index contributed by atoms with van der Waals surface area (Å²) in [7, 11) is 1.57. The van der Waals surface area contributed by atoms with Crippen molar-refractivity contribution >= 4 is 17.6 Å². The van der Waals surface area contributed by atoms with E-state index in [4.69, 9.17) is 9.47 Å². The van der Waals surface area contributed by atoms with Crippen LogP contribution in [0.15, 0.2) is 41.5 Å². The number of fused-ring (bicyclic) bond motifs is 2. The van der Waals surface area contributed by atoms with Crippen molar-refractivity contribution in [3.05, 3.63) is 52.6 Å². The first kappa shape index (κ1) is 33.4. The first-order valence-corrected chi connectivity index (χ1v) is 15.1. The van der Waals surface area contributed by atoms with Gasteiger partial charge in [0.15, 0.2) is 0 Å². The highest BCUT2D eigenvalue weighted by molar-refractivity contribution is 6.04. The van der Waals surface area contributed by atoms with Gasteiger partial charge < -0.3 is 30.1 Å². The van der Waals surface area contributed by atoms with E-state index in [-0.39, 0.29) is 34.9 Å². The molecule has 1 aromatic rings. The Bertz CT molecular complexity index is 1210. The van der Waals surface area contributed by atoms with Crippen LogP contribution in [0.25, 0.3) is 0 Å². The molecule has 2 aliphatic rings. The van der Waals surface area contributed by atoms with Crippen molar-refractivity contribution in [3.8, 4) is 11.5 Å². The van der Waals surface area contributed by atoms with Crippen LogP contribution in [0.2, 0.25) is 0 Å². The number of hydrogen-bond donors (Lipinski definition) is 4. The number of aliphatic hydroxyl groups is 1. The minimum absolute atomic E-state index is 0.0282. The normalized spacial score (nSPS) is 31.3. The zero-order valence-corrected chi connectivity index (χ0v) is 26.1. The lowest BCUT2D eigenvalue weighted by Crippen LogP contribution is -2.35. The number of esters is 1. The van der Waals surface area contributed by atoms with E-state index in [0.29, 0.717) is 41.9 Å². The minimum atomic E-state index is -0.828. The zero-order valence-electron chi connectivity index (χ0n) is 26.1. The molecule has 8 heteroatoms. The molecule has 1 aromatic carbocycles. The van der Waals surface area contributed by atoms with Crippen LogP contribution in [0, 0.1) is 23.7 Å². The second kappa shape index (κ2) is 14.9. The fourth-order valence-electron chi connectivity index (χ4n) is 5.82. The maximum atomic E-state index is 13.1. The van der Waals surface area contributed by atoms with E-state index in [1.165, 1.54) is 25.8 Å². The summed E-state index contributed by atoms with van der Waals surface area (Å²) in [5.74, 6) is -0.691. The molecular formula is C34H49NO7. The highest BCUT2D eigenvalue weighted by atomic mass is 16.5. The molecule has 8 nitrogen and oxygen atoms in total. The van der Waals surface area contributed by atoms with Gasteiger partial charge in [0.2, 0.25) is 0 Å². The number of nitrogens with one attached hydrogen (secondary N) is 1. The standard InChI is InChI=1S/C34H49NO7/c1-19-15-27-26(14-13-25-11-12-25)29(37)18-28(32(27)39)35-34(40)21(3)10-8-9-20(2)33(42-24(6)36)23(5)17-22(4)31(38)30(16-19)41-7/h8-10,17-20,22,25,30-31,33,37-39H,11-16H2,1-7H3,(H,35,40)/b9-8-,21-10+,23-17+/t19-,20+,22+,30+,31-,33-/m1/s1. The fraction of sp³-hybridized carbons (Fsp3) is 0.588. The van der Waals surface area contributed by atoms with E-state index in [0.717, 1.165) is 12.0 Å². The van der Waals surface area contributed by atoms with Crippen LogP contribution in [0.5, 0.6) is 11.5 Å². The number of phenols is 2. The van der Waals surface area contributed by atoms with Gasteiger partial charge in [-0.25, -0.2) is 0 Å². The van der Waals surface area contributed by atoms with Gasteiger partial charge in [0.05, 0.1) is 17.9 Å². The number of methoxy groups -OCH3 is 1. The van der Waals surface area contributed by atoms with Crippen LogP contribution in [0.4, 0.5) is 5.69 Å².